The van der Waals surface area contributed by atoms with Gasteiger partial charge in [0.15, 0.2) is 11.0 Å². The van der Waals surface area contributed by atoms with Crippen molar-refractivity contribution < 1.29 is 14.3 Å². The van der Waals surface area contributed by atoms with Crippen LogP contribution in [0.1, 0.15) is 18.4 Å². The maximum atomic E-state index is 12.0. The molecule has 7 nitrogen and oxygen atoms in total. The van der Waals surface area contributed by atoms with Gasteiger partial charge in [0.1, 0.15) is 11.3 Å². The monoisotopic (exact) mass is 441 g/mol. The lowest BCUT2D eigenvalue weighted by molar-refractivity contribution is 0.0953. The second-order valence-corrected chi connectivity index (χ2v) is 8.98. The Hall–Kier alpha value is -2.62. The van der Waals surface area contributed by atoms with Crippen molar-refractivity contribution in [2.45, 2.75) is 36.4 Å². The molecule has 0 radical (unpaired) electrons. The Labute approximate surface area is 180 Å². The number of ether oxygens (including phenoxy) is 1. The quantitative estimate of drug-likeness (QED) is 0.353. The van der Waals surface area contributed by atoms with E-state index in [2.05, 4.69) is 14.8 Å². The van der Waals surface area contributed by atoms with Gasteiger partial charge in [-0.25, -0.2) is 4.79 Å². The molecule has 1 aliphatic rings. The van der Waals surface area contributed by atoms with Gasteiger partial charge in [0, 0.05) is 29.9 Å². The van der Waals surface area contributed by atoms with E-state index in [0.29, 0.717) is 17.9 Å². The first-order valence-corrected chi connectivity index (χ1v) is 11.5. The summed E-state index contributed by atoms with van der Waals surface area (Å²) in [5.41, 5.74) is 0.762. The highest BCUT2D eigenvalue weighted by molar-refractivity contribution is 7.98. The maximum absolute atomic E-state index is 12.0. The smallest absolute Gasteiger partial charge is 0.336 e. The number of aromatic hydroxyl groups is 1. The number of nitrogens with zero attached hydrogens (tertiary/aromatic N) is 3. The zero-order valence-electron chi connectivity index (χ0n) is 16.0. The molecule has 5 rings (SSSR count). The molecule has 1 N–H and O–H groups in total. The van der Waals surface area contributed by atoms with E-state index in [1.54, 1.807) is 23.5 Å². The molecule has 154 valence electrons. The van der Waals surface area contributed by atoms with Gasteiger partial charge in [-0.1, -0.05) is 17.8 Å². The number of phenols is 1. The van der Waals surface area contributed by atoms with Gasteiger partial charge < -0.3 is 14.3 Å². The number of aromatic nitrogens is 3. The summed E-state index contributed by atoms with van der Waals surface area (Å²) in [7, 11) is 0. The largest absolute Gasteiger partial charge is 0.508 e. The van der Waals surface area contributed by atoms with E-state index in [1.807, 2.05) is 17.5 Å². The number of benzene rings is 1. The molecule has 0 aliphatic carbocycles. The zero-order valence-corrected chi connectivity index (χ0v) is 17.6. The fourth-order valence-electron chi connectivity index (χ4n) is 3.62. The summed E-state index contributed by atoms with van der Waals surface area (Å²) in [5.74, 6) is 1.43. The molecule has 3 aromatic heterocycles. The SMILES string of the molecule is O=c1cc(CSc2nnc(-c3cccs3)n2CC2CCCO2)c2ccc(O)cc2o1. The minimum Gasteiger partial charge on any atom is -0.508 e. The number of phenolic OH excluding ortho intramolecular Hbond substituents is 1. The Kier molecular flexibility index (Phi) is 5.32. The van der Waals surface area contributed by atoms with Crippen molar-refractivity contribution in [2.24, 2.45) is 0 Å². The maximum Gasteiger partial charge on any atom is 0.336 e. The third-order valence-electron chi connectivity index (χ3n) is 5.04. The Morgan fingerprint density at radius 2 is 2.20 bits per heavy atom. The lowest BCUT2D eigenvalue weighted by Gasteiger charge is -2.14. The molecule has 1 aliphatic heterocycles. The highest BCUT2D eigenvalue weighted by Gasteiger charge is 2.22. The van der Waals surface area contributed by atoms with Gasteiger partial charge in [-0.3, -0.25) is 4.57 Å². The lowest BCUT2D eigenvalue weighted by Crippen LogP contribution is -2.16. The van der Waals surface area contributed by atoms with Gasteiger partial charge in [0.05, 0.1) is 17.5 Å². The Bertz CT molecular complexity index is 1230. The van der Waals surface area contributed by atoms with Crippen LogP contribution in [-0.2, 0) is 17.0 Å². The molecule has 1 unspecified atom stereocenters. The highest BCUT2D eigenvalue weighted by atomic mass is 32.2. The number of rotatable bonds is 6. The number of hydrogen-bond acceptors (Lipinski definition) is 8. The first kappa shape index (κ1) is 19.3. The normalized spacial score (nSPS) is 16.5. The molecule has 0 spiro atoms. The van der Waals surface area contributed by atoms with Crippen molar-refractivity contribution >= 4 is 34.1 Å². The number of hydrogen-bond donors (Lipinski definition) is 1. The van der Waals surface area contributed by atoms with Gasteiger partial charge in [-0.2, -0.15) is 0 Å². The summed E-state index contributed by atoms with van der Waals surface area (Å²) < 4.78 is 13.2. The molecule has 1 saturated heterocycles. The van der Waals surface area contributed by atoms with Crippen LogP contribution in [0.2, 0.25) is 0 Å². The summed E-state index contributed by atoms with van der Waals surface area (Å²) >= 11 is 3.15. The van der Waals surface area contributed by atoms with Crippen LogP contribution in [0.4, 0.5) is 0 Å². The van der Waals surface area contributed by atoms with E-state index in [4.69, 9.17) is 9.15 Å². The minimum absolute atomic E-state index is 0.0624. The standard InChI is InChI=1S/C21H19N3O4S2/c25-14-5-6-16-13(9-19(26)28-17(16)10-14)12-30-21-23-22-20(18-4-2-8-29-18)24(21)11-15-3-1-7-27-15/h2,4-6,8-10,15,25H,1,3,7,11-12H2. The average Bonchev–Trinajstić information content (AvgIpc) is 3.48. The van der Waals surface area contributed by atoms with Crippen LogP contribution in [0.3, 0.4) is 0 Å². The van der Waals surface area contributed by atoms with E-state index < -0.39 is 5.63 Å². The Morgan fingerprint density at radius 1 is 1.27 bits per heavy atom. The van der Waals surface area contributed by atoms with Crippen molar-refractivity contribution in [3.63, 3.8) is 0 Å². The zero-order chi connectivity index (χ0) is 20.5. The van der Waals surface area contributed by atoms with Crippen LogP contribution in [0.5, 0.6) is 5.75 Å². The van der Waals surface area contributed by atoms with Gasteiger partial charge in [-0.05, 0) is 42.0 Å². The molecule has 4 aromatic rings. The average molecular weight is 442 g/mol. The second-order valence-electron chi connectivity index (χ2n) is 7.09. The molecule has 1 atom stereocenters. The number of thiophene rings is 1. The molecule has 1 fully saturated rings. The first-order valence-electron chi connectivity index (χ1n) is 9.64. The Balaban J connectivity index is 1.46. The summed E-state index contributed by atoms with van der Waals surface area (Å²) in [4.78, 5) is 13.0. The summed E-state index contributed by atoms with van der Waals surface area (Å²) in [6.45, 7) is 1.50. The molecule has 0 saturated carbocycles. The number of thioether (sulfide) groups is 1. The van der Waals surface area contributed by atoms with E-state index in [0.717, 1.165) is 46.3 Å². The van der Waals surface area contributed by atoms with Crippen molar-refractivity contribution in [3.05, 3.63) is 57.8 Å². The Morgan fingerprint density at radius 3 is 3.00 bits per heavy atom. The summed E-state index contributed by atoms with van der Waals surface area (Å²) in [6.07, 6.45) is 2.26. The van der Waals surface area contributed by atoms with Crippen LogP contribution in [0, 0.1) is 0 Å². The van der Waals surface area contributed by atoms with Crippen molar-refractivity contribution in [2.75, 3.05) is 6.61 Å². The lowest BCUT2D eigenvalue weighted by atomic mass is 10.1. The molecule has 9 heteroatoms. The molecule has 1 aromatic carbocycles. The van der Waals surface area contributed by atoms with E-state index >= 15 is 0 Å². The fraction of sp³-hybridized carbons (Fsp3) is 0.286. The highest BCUT2D eigenvalue weighted by Crippen LogP contribution is 2.32. The predicted octanol–water partition coefficient (Wildman–Crippen LogP) is 4.29. The van der Waals surface area contributed by atoms with E-state index in [1.165, 1.54) is 23.9 Å². The molecular formula is C21H19N3O4S2. The fourth-order valence-corrected chi connectivity index (χ4v) is 5.28. The molecule has 4 heterocycles. The summed E-state index contributed by atoms with van der Waals surface area (Å²) in [6, 6.07) is 10.3. The van der Waals surface area contributed by atoms with Crippen LogP contribution in [-0.4, -0.2) is 32.6 Å². The predicted molar refractivity (Wildman–Crippen MR) is 116 cm³/mol. The second kappa shape index (κ2) is 8.25. The van der Waals surface area contributed by atoms with Crippen molar-refractivity contribution in [3.8, 4) is 16.5 Å². The van der Waals surface area contributed by atoms with Gasteiger partial charge in [0.2, 0.25) is 0 Å². The van der Waals surface area contributed by atoms with E-state index in [-0.39, 0.29) is 11.9 Å². The van der Waals surface area contributed by atoms with Crippen molar-refractivity contribution in [1.29, 1.82) is 0 Å². The van der Waals surface area contributed by atoms with Crippen molar-refractivity contribution in [1.82, 2.24) is 14.8 Å². The first-order chi connectivity index (χ1) is 14.7. The molecule has 30 heavy (non-hydrogen) atoms. The third-order valence-corrected chi connectivity index (χ3v) is 6.92. The molecular weight excluding hydrogens is 422 g/mol. The van der Waals surface area contributed by atoms with Gasteiger partial charge in [0.25, 0.3) is 0 Å². The van der Waals surface area contributed by atoms with Crippen LogP contribution < -0.4 is 5.63 Å². The van der Waals surface area contributed by atoms with Gasteiger partial charge in [-0.15, -0.1) is 21.5 Å². The van der Waals surface area contributed by atoms with Crippen LogP contribution in [0.15, 0.2) is 56.1 Å². The topological polar surface area (TPSA) is 90.4 Å². The van der Waals surface area contributed by atoms with E-state index in [9.17, 15) is 9.90 Å². The molecule has 0 bridgehead atoms. The number of fused-ring (bicyclic) bond motifs is 1. The third kappa shape index (κ3) is 3.88. The molecule has 0 amide bonds. The van der Waals surface area contributed by atoms with Crippen LogP contribution in [0.25, 0.3) is 21.7 Å². The van der Waals surface area contributed by atoms with Crippen LogP contribution >= 0.6 is 23.1 Å². The van der Waals surface area contributed by atoms with Gasteiger partial charge >= 0.3 is 5.63 Å². The summed E-state index contributed by atoms with van der Waals surface area (Å²) in [5, 5.41) is 22.2. The minimum atomic E-state index is -0.441.